The van der Waals surface area contributed by atoms with Gasteiger partial charge in [-0.15, -0.1) is 0 Å². The summed E-state index contributed by atoms with van der Waals surface area (Å²) in [6, 6.07) is 10.5. The SMILES string of the molecule is CCN(CC)C(C)(C)C(C)(C)N(C)C(CN)NCc1ccccc1. The van der Waals surface area contributed by atoms with Crippen molar-refractivity contribution in [1.82, 2.24) is 15.1 Å². The molecule has 1 rings (SSSR count). The van der Waals surface area contributed by atoms with Gasteiger partial charge < -0.3 is 5.73 Å². The maximum absolute atomic E-state index is 6.10. The van der Waals surface area contributed by atoms with Gasteiger partial charge in [0, 0.05) is 24.2 Å². The lowest BCUT2D eigenvalue weighted by Crippen LogP contribution is -2.68. The molecule has 1 aromatic rings. The minimum absolute atomic E-state index is 0.0348. The Labute approximate surface area is 149 Å². The largest absolute Gasteiger partial charge is 0.328 e. The van der Waals surface area contributed by atoms with Gasteiger partial charge in [0.1, 0.15) is 0 Å². The quantitative estimate of drug-likeness (QED) is 0.646. The molecule has 0 fully saturated rings. The topological polar surface area (TPSA) is 44.5 Å². The van der Waals surface area contributed by atoms with E-state index < -0.39 is 0 Å². The van der Waals surface area contributed by atoms with Crippen LogP contribution in [0.15, 0.2) is 30.3 Å². The fraction of sp³-hybridized carbons (Fsp3) is 0.700. The lowest BCUT2D eigenvalue weighted by atomic mass is 9.79. The molecular formula is C20H38N4. The van der Waals surface area contributed by atoms with E-state index in [0.717, 1.165) is 19.6 Å². The summed E-state index contributed by atoms with van der Waals surface area (Å²) >= 11 is 0. The summed E-state index contributed by atoms with van der Waals surface area (Å²) < 4.78 is 0. The molecule has 1 atom stereocenters. The number of likely N-dealkylation sites (N-methyl/N-ethyl adjacent to an activating group) is 2. The van der Waals surface area contributed by atoms with E-state index in [1.54, 1.807) is 0 Å². The molecule has 1 aromatic carbocycles. The molecule has 0 bridgehead atoms. The van der Waals surface area contributed by atoms with Crippen molar-refractivity contribution in [2.45, 2.75) is 65.3 Å². The Bertz CT molecular complexity index is 466. The first-order valence-corrected chi connectivity index (χ1v) is 9.17. The molecule has 0 spiro atoms. The molecule has 0 aliphatic carbocycles. The van der Waals surface area contributed by atoms with Gasteiger partial charge in [0.25, 0.3) is 0 Å². The average molecular weight is 335 g/mol. The van der Waals surface area contributed by atoms with Crippen LogP contribution < -0.4 is 11.1 Å². The zero-order chi connectivity index (χ0) is 18.4. The van der Waals surface area contributed by atoms with Crippen molar-refractivity contribution in [1.29, 1.82) is 0 Å². The molecule has 0 aromatic heterocycles. The Morgan fingerprint density at radius 1 is 1.00 bits per heavy atom. The predicted molar refractivity (Wildman–Crippen MR) is 105 cm³/mol. The van der Waals surface area contributed by atoms with Crippen molar-refractivity contribution in [3.8, 4) is 0 Å². The van der Waals surface area contributed by atoms with E-state index in [4.69, 9.17) is 5.73 Å². The highest BCUT2D eigenvalue weighted by molar-refractivity contribution is 5.14. The normalized spacial score (nSPS) is 14.4. The molecule has 0 amide bonds. The molecule has 3 N–H and O–H groups in total. The van der Waals surface area contributed by atoms with Crippen LogP contribution in [-0.4, -0.2) is 53.7 Å². The molecule has 1 unspecified atom stereocenters. The van der Waals surface area contributed by atoms with Gasteiger partial charge in [-0.1, -0.05) is 44.2 Å². The second-order valence-electron chi connectivity index (χ2n) is 7.52. The van der Waals surface area contributed by atoms with E-state index in [1.807, 2.05) is 6.07 Å². The number of hydrogen-bond acceptors (Lipinski definition) is 4. The van der Waals surface area contributed by atoms with Gasteiger partial charge >= 0.3 is 0 Å². The van der Waals surface area contributed by atoms with E-state index in [0.29, 0.717) is 6.54 Å². The summed E-state index contributed by atoms with van der Waals surface area (Å²) in [6.45, 7) is 17.3. The third kappa shape index (κ3) is 4.57. The maximum atomic E-state index is 6.10. The molecule has 0 aliphatic rings. The summed E-state index contributed by atoms with van der Waals surface area (Å²) in [7, 11) is 2.18. The van der Waals surface area contributed by atoms with Crippen molar-refractivity contribution < 1.29 is 0 Å². The first kappa shape index (κ1) is 21.1. The second kappa shape index (κ2) is 8.95. The fourth-order valence-electron chi connectivity index (χ4n) is 3.43. The number of benzene rings is 1. The monoisotopic (exact) mass is 334 g/mol. The van der Waals surface area contributed by atoms with Gasteiger partial charge in [0.05, 0.1) is 6.17 Å². The van der Waals surface area contributed by atoms with Crippen LogP contribution in [0.2, 0.25) is 0 Å². The molecule has 4 nitrogen and oxygen atoms in total. The molecule has 0 saturated carbocycles. The van der Waals surface area contributed by atoms with Crippen molar-refractivity contribution >= 4 is 0 Å². The smallest absolute Gasteiger partial charge is 0.0728 e. The second-order valence-corrected chi connectivity index (χ2v) is 7.52. The van der Waals surface area contributed by atoms with Crippen molar-refractivity contribution in [3.63, 3.8) is 0 Å². The van der Waals surface area contributed by atoms with Crippen LogP contribution in [0.5, 0.6) is 0 Å². The first-order valence-electron chi connectivity index (χ1n) is 9.17. The maximum Gasteiger partial charge on any atom is 0.0728 e. The average Bonchev–Trinajstić information content (AvgIpc) is 2.56. The minimum atomic E-state index is -0.0350. The molecule has 0 radical (unpaired) electrons. The number of hydrogen-bond donors (Lipinski definition) is 2. The van der Waals surface area contributed by atoms with Gasteiger partial charge in [0.2, 0.25) is 0 Å². The molecule has 4 heteroatoms. The molecule has 138 valence electrons. The number of nitrogens with two attached hydrogens (primary N) is 1. The number of rotatable bonds is 10. The first-order chi connectivity index (χ1) is 11.2. The van der Waals surface area contributed by atoms with Crippen LogP contribution in [0.1, 0.15) is 47.1 Å². The molecule has 0 aliphatic heterocycles. The van der Waals surface area contributed by atoms with E-state index >= 15 is 0 Å². The van der Waals surface area contributed by atoms with Crippen molar-refractivity contribution in [3.05, 3.63) is 35.9 Å². The molecule has 0 saturated heterocycles. The third-order valence-electron chi connectivity index (χ3n) is 6.01. The Balaban J connectivity index is 2.87. The third-order valence-corrected chi connectivity index (χ3v) is 6.01. The van der Waals surface area contributed by atoms with Crippen LogP contribution in [0.25, 0.3) is 0 Å². The van der Waals surface area contributed by atoms with E-state index in [1.165, 1.54) is 5.56 Å². The minimum Gasteiger partial charge on any atom is -0.328 e. The highest BCUT2D eigenvalue weighted by Crippen LogP contribution is 2.33. The van der Waals surface area contributed by atoms with Crippen molar-refractivity contribution in [2.24, 2.45) is 5.73 Å². The van der Waals surface area contributed by atoms with Crippen LogP contribution >= 0.6 is 0 Å². The molecular weight excluding hydrogens is 296 g/mol. The molecule has 24 heavy (non-hydrogen) atoms. The van der Waals surface area contributed by atoms with E-state index in [9.17, 15) is 0 Å². The van der Waals surface area contributed by atoms with Gasteiger partial charge in [-0.3, -0.25) is 15.1 Å². The summed E-state index contributed by atoms with van der Waals surface area (Å²) in [4.78, 5) is 4.92. The number of nitrogens with zero attached hydrogens (tertiary/aromatic N) is 2. The van der Waals surface area contributed by atoms with Crippen molar-refractivity contribution in [2.75, 3.05) is 26.7 Å². The van der Waals surface area contributed by atoms with Gasteiger partial charge in [-0.05, 0) is 53.4 Å². The lowest BCUT2D eigenvalue weighted by Gasteiger charge is -2.55. The van der Waals surface area contributed by atoms with Crippen LogP contribution in [0, 0.1) is 0 Å². The van der Waals surface area contributed by atoms with Crippen LogP contribution in [-0.2, 0) is 6.54 Å². The summed E-state index contributed by atoms with van der Waals surface area (Å²) in [5.74, 6) is 0. The zero-order valence-corrected chi connectivity index (χ0v) is 16.8. The Hall–Kier alpha value is -0.940. The Morgan fingerprint density at radius 3 is 2.00 bits per heavy atom. The zero-order valence-electron chi connectivity index (χ0n) is 16.8. The molecule has 0 heterocycles. The number of nitrogens with one attached hydrogen (secondary N) is 1. The van der Waals surface area contributed by atoms with Crippen LogP contribution in [0.3, 0.4) is 0 Å². The standard InChI is InChI=1S/C20H38N4/c1-8-24(9-2)20(5,6)19(3,4)23(7)18(15-21)22-16-17-13-11-10-12-14-17/h10-14,18,22H,8-9,15-16,21H2,1-7H3. The van der Waals surface area contributed by atoms with Gasteiger partial charge in [-0.2, -0.15) is 0 Å². The summed E-state index contributed by atoms with van der Waals surface area (Å²) in [6.07, 6.45) is 0.134. The highest BCUT2D eigenvalue weighted by atomic mass is 15.3. The summed E-state index contributed by atoms with van der Waals surface area (Å²) in [5, 5.41) is 3.62. The van der Waals surface area contributed by atoms with E-state index in [2.05, 4.69) is 88.0 Å². The van der Waals surface area contributed by atoms with Crippen LogP contribution in [0.4, 0.5) is 0 Å². The Morgan fingerprint density at radius 2 is 1.54 bits per heavy atom. The van der Waals surface area contributed by atoms with Gasteiger partial charge in [-0.25, -0.2) is 0 Å². The highest BCUT2D eigenvalue weighted by Gasteiger charge is 2.45. The van der Waals surface area contributed by atoms with Gasteiger partial charge in [0.15, 0.2) is 0 Å². The lowest BCUT2D eigenvalue weighted by molar-refractivity contribution is -0.0442. The van der Waals surface area contributed by atoms with E-state index in [-0.39, 0.29) is 17.2 Å². The summed E-state index contributed by atoms with van der Waals surface area (Å²) in [5.41, 5.74) is 7.38. The Kier molecular flexibility index (Phi) is 7.87. The fourth-order valence-corrected chi connectivity index (χ4v) is 3.43. The predicted octanol–water partition coefficient (Wildman–Crippen LogP) is 2.89.